The van der Waals surface area contributed by atoms with Crippen LogP contribution in [0.1, 0.15) is 46.5 Å². The van der Waals surface area contributed by atoms with Gasteiger partial charge in [-0.2, -0.15) is 0 Å². The maximum absolute atomic E-state index is 5.50. The van der Waals surface area contributed by atoms with E-state index >= 15 is 0 Å². The molecule has 17 heavy (non-hydrogen) atoms. The highest BCUT2D eigenvalue weighted by Crippen LogP contribution is 2.24. The second-order valence-corrected chi connectivity index (χ2v) is 5.87. The van der Waals surface area contributed by atoms with Gasteiger partial charge in [0.15, 0.2) is 5.17 Å². The Hall–Kier alpha value is -0.220. The topological polar surface area (TPSA) is 33.6 Å². The van der Waals surface area contributed by atoms with Crippen molar-refractivity contribution >= 4 is 16.9 Å². The molecule has 1 saturated heterocycles. The van der Waals surface area contributed by atoms with Gasteiger partial charge in [0.05, 0.1) is 13.2 Å². The van der Waals surface area contributed by atoms with Gasteiger partial charge in [0, 0.05) is 17.9 Å². The average Bonchev–Trinajstić information content (AvgIpc) is 2.34. The summed E-state index contributed by atoms with van der Waals surface area (Å²) in [7, 11) is 0. The molecular weight excluding hydrogens is 232 g/mol. The van der Waals surface area contributed by atoms with Crippen LogP contribution in [-0.4, -0.2) is 36.2 Å². The molecule has 0 spiro atoms. The Kier molecular flexibility index (Phi) is 6.97. The number of hydrogen-bond donors (Lipinski definition) is 1. The largest absolute Gasteiger partial charge is 0.380 e. The summed E-state index contributed by atoms with van der Waals surface area (Å²) in [5, 5.41) is 4.64. The molecule has 0 aromatic carbocycles. The number of amidine groups is 1. The minimum absolute atomic E-state index is 0.243. The molecule has 0 amide bonds. The van der Waals surface area contributed by atoms with E-state index in [4.69, 9.17) is 4.74 Å². The van der Waals surface area contributed by atoms with Gasteiger partial charge in [-0.1, -0.05) is 32.0 Å². The monoisotopic (exact) mass is 258 g/mol. The molecular formula is C13H26N2OS. The first-order valence-corrected chi connectivity index (χ1v) is 7.72. The number of ether oxygens (including phenoxy) is 1. The minimum atomic E-state index is 0.243. The van der Waals surface area contributed by atoms with E-state index in [1.807, 2.05) is 11.8 Å². The second-order valence-electron chi connectivity index (χ2n) is 4.79. The van der Waals surface area contributed by atoms with Gasteiger partial charge in [0.1, 0.15) is 0 Å². The van der Waals surface area contributed by atoms with Crippen LogP contribution < -0.4 is 5.32 Å². The summed E-state index contributed by atoms with van der Waals surface area (Å²) in [5.74, 6) is 1.17. The van der Waals surface area contributed by atoms with Crippen LogP contribution in [0.3, 0.4) is 0 Å². The number of unbranched alkanes of at least 4 members (excludes halogenated alkanes) is 1. The van der Waals surface area contributed by atoms with Crippen molar-refractivity contribution in [2.75, 3.05) is 25.5 Å². The van der Waals surface area contributed by atoms with E-state index in [-0.39, 0.29) is 5.54 Å². The Morgan fingerprint density at radius 3 is 2.94 bits per heavy atom. The zero-order valence-corrected chi connectivity index (χ0v) is 12.2. The summed E-state index contributed by atoms with van der Waals surface area (Å²) in [6.07, 6.45) is 4.72. The highest BCUT2D eigenvalue weighted by molar-refractivity contribution is 8.13. The van der Waals surface area contributed by atoms with Gasteiger partial charge in [0.2, 0.25) is 0 Å². The zero-order valence-electron chi connectivity index (χ0n) is 11.4. The van der Waals surface area contributed by atoms with Gasteiger partial charge >= 0.3 is 0 Å². The number of nitrogens with one attached hydrogen (secondary N) is 1. The van der Waals surface area contributed by atoms with E-state index in [1.165, 1.54) is 18.6 Å². The SMILES string of the molecule is CCCCOCCN=C1NC(C)(CC)CCS1. The van der Waals surface area contributed by atoms with Crippen LogP contribution in [0.2, 0.25) is 0 Å². The predicted octanol–water partition coefficient (Wildman–Crippen LogP) is 3.05. The fourth-order valence-electron chi connectivity index (χ4n) is 1.64. The van der Waals surface area contributed by atoms with Crippen LogP contribution in [0.4, 0.5) is 0 Å². The third-order valence-corrected chi connectivity index (χ3v) is 4.13. The Bertz CT molecular complexity index is 246. The summed E-state index contributed by atoms with van der Waals surface area (Å²) in [6, 6.07) is 0. The molecule has 4 heteroatoms. The molecule has 1 aliphatic heterocycles. The molecule has 1 rings (SSSR count). The standard InChI is InChI=1S/C13H26N2OS/c1-4-6-9-16-10-8-14-12-15-13(3,5-2)7-11-17-12/h4-11H2,1-3H3,(H,14,15). The Morgan fingerprint density at radius 2 is 2.24 bits per heavy atom. The van der Waals surface area contributed by atoms with Crippen molar-refractivity contribution in [3.8, 4) is 0 Å². The fourth-order valence-corrected chi connectivity index (χ4v) is 2.89. The Balaban J connectivity index is 2.20. The molecule has 1 fully saturated rings. The maximum Gasteiger partial charge on any atom is 0.157 e. The lowest BCUT2D eigenvalue weighted by Crippen LogP contribution is -2.48. The van der Waals surface area contributed by atoms with Crippen molar-refractivity contribution in [1.29, 1.82) is 0 Å². The minimum Gasteiger partial charge on any atom is -0.380 e. The van der Waals surface area contributed by atoms with Crippen molar-refractivity contribution < 1.29 is 4.74 Å². The van der Waals surface area contributed by atoms with Gasteiger partial charge in [-0.3, -0.25) is 4.99 Å². The third-order valence-electron chi connectivity index (χ3n) is 3.21. The van der Waals surface area contributed by atoms with Crippen molar-refractivity contribution in [3.05, 3.63) is 0 Å². The molecule has 1 atom stereocenters. The Labute approximate surface area is 110 Å². The van der Waals surface area contributed by atoms with Crippen molar-refractivity contribution in [3.63, 3.8) is 0 Å². The normalized spacial score (nSPS) is 27.1. The summed E-state index contributed by atoms with van der Waals surface area (Å²) in [6.45, 7) is 9.08. The second kappa shape index (κ2) is 7.98. The quantitative estimate of drug-likeness (QED) is 0.713. The molecule has 1 aliphatic rings. The van der Waals surface area contributed by atoms with Gasteiger partial charge < -0.3 is 10.1 Å². The van der Waals surface area contributed by atoms with Gasteiger partial charge in [-0.05, 0) is 26.2 Å². The summed E-state index contributed by atoms with van der Waals surface area (Å²) in [5.41, 5.74) is 0.243. The summed E-state index contributed by atoms with van der Waals surface area (Å²) < 4.78 is 5.50. The number of rotatable bonds is 7. The van der Waals surface area contributed by atoms with Gasteiger partial charge in [-0.25, -0.2) is 0 Å². The predicted molar refractivity (Wildman–Crippen MR) is 76.9 cm³/mol. The molecule has 1 N–H and O–H groups in total. The highest BCUT2D eigenvalue weighted by Gasteiger charge is 2.27. The summed E-state index contributed by atoms with van der Waals surface area (Å²) >= 11 is 1.83. The summed E-state index contributed by atoms with van der Waals surface area (Å²) in [4.78, 5) is 4.57. The molecule has 0 aliphatic carbocycles. The lowest BCUT2D eigenvalue weighted by Gasteiger charge is -2.35. The highest BCUT2D eigenvalue weighted by atomic mass is 32.2. The van der Waals surface area contributed by atoms with E-state index in [1.54, 1.807) is 0 Å². The van der Waals surface area contributed by atoms with Crippen molar-refractivity contribution in [2.24, 2.45) is 4.99 Å². The number of aliphatic imine (C=N–C) groups is 1. The average molecular weight is 258 g/mol. The fraction of sp³-hybridized carbons (Fsp3) is 0.923. The smallest absolute Gasteiger partial charge is 0.157 e. The number of nitrogens with zero attached hydrogens (tertiary/aromatic N) is 1. The van der Waals surface area contributed by atoms with E-state index in [0.29, 0.717) is 0 Å². The number of thioether (sulfide) groups is 1. The first-order valence-electron chi connectivity index (χ1n) is 6.73. The van der Waals surface area contributed by atoms with Gasteiger partial charge in [-0.15, -0.1) is 0 Å². The third kappa shape index (κ3) is 5.77. The Morgan fingerprint density at radius 1 is 1.41 bits per heavy atom. The van der Waals surface area contributed by atoms with E-state index < -0.39 is 0 Å². The van der Waals surface area contributed by atoms with E-state index in [0.717, 1.165) is 37.8 Å². The van der Waals surface area contributed by atoms with Crippen LogP contribution >= 0.6 is 11.8 Å². The van der Waals surface area contributed by atoms with Crippen LogP contribution in [-0.2, 0) is 4.74 Å². The zero-order chi connectivity index (χ0) is 12.6. The molecule has 3 nitrogen and oxygen atoms in total. The molecule has 0 saturated carbocycles. The van der Waals surface area contributed by atoms with E-state index in [9.17, 15) is 0 Å². The maximum atomic E-state index is 5.50. The van der Waals surface area contributed by atoms with Crippen LogP contribution in [0, 0.1) is 0 Å². The van der Waals surface area contributed by atoms with Crippen LogP contribution in [0.25, 0.3) is 0 Å². The first kappa shape index (κ1) is 14.8. The molecule has 0 aromatic rings. The van der Waals surface area contributed by atoms with Gasteiger partial charge in [0.25, 0.3) is 0 Å². The van der Waals surface area contributed by atoms with Crippen LogP contribution in [0.5, 0.6) is 0 Å². The molecule has 0 radical (unpaired) electrons. The molecule has 1 unspecified atom stereocenters. The molecule has 100 valence electrons. The lowest BCUT2D eigenvalue weighted by atomic mass is 9.96. The molecule has 0 aromatic heterocycles. The molecule has 0 bridgehead atoms. The van der Waals surface area contributed by atoms with Crippen LogP contribution in [0.15, 0.2) is 4.99 Å². The number of hydrogen-bond acceptors (Lipinski definition) is 3. The van der Waals surface area contributed by atoms with Crippen molar-refractivity contribution in [1.82, 2.24) is 5.32 Å². The molecule has 1 heterocycles. The lowest BCUT2D eigenvalue weighted by molar-refractivity contribution is 0.139. The van der Waals surface area contributed by atoms with Crippen molar-refractivity contribution in [2.45, 2.75) is 52.0 Å². The van der Waals surface area contributed by atoms with E-state index in [2.05, 4.69) is 31.1 Å². The first-order chi connectivity index (χ1) is 8.20.